The zero-order valence-electron chi connectivity index (χ0n) is 15.8. The molecule has 7 heteroatoms. The number of carbonyl (C=O) groups excluding carboxylic acids is 1. The normalized spacial score (nSPS) is 11.0. The van der Waals surface area contributed by atoms with Gasteiger partial charge in [-0.3, -0.25) is 15.1 Å². The van der Waals surface area contributed by atoms with Crippen molar-refractivity contribution in [2.24, 2.45) is 0 Å². The lowest BCUT2D eigenvalue weighted by Gasteiger charge is -2.08. The van der Waals surface area contributed by atoms with E-state index in [1.807, 2.05) is 56.3 Å². The van der Waals surface area contributed by atoms with Gasteiger partial charge in [0.1, 0.15) is 11.5 Å². The second-order valence-corrected chi connectivity index (χ2v) is 7.25. The van der Waals surface area contributed by atoms with E-state index >= 15 is 0 Å². The predicted octanol–water partition coefficient (Wildman–Crippen LogP) is 4.81. The lowest BCUT2D eigenvalue weighted by atomic mass is 10.1. The first-order valence-electron chi connectivity index (χ1n) is 8.87. The third-order valence-corrected chi connectivity index (χ3v) is 5.28. The van der Waals surface area contributed by atoms with Crippen molar-refractivity contribution in [3.8, 4) is 11.5 Å². The fourth-order valence-corrected chi connectivity index (χ4v) is 3.87. The number of pyridine rings is 1. The minimum atomic E-state index is -0.230. The summed E-state index contributed by atoms with van der Waals surface area (Å²) in [5, 5.41) is 4.31. The highest BCUT2D eigenvalue weighted by Crippen LogP contribution is 2.30. The standard InChI is InChI=1S/C21H19N3O3S/c1-4-27-15-7-8-17-19(11-15)28-21(23-17)24-20(25)16-9-13-5-6-14(26-3)10-18(13)22-12(16)2/h5-11H,4H2,1-3H3,(H,23,24,25). The molecule has 28 heavy (non-hydrogen) atoms. The van der Waals surface area contributed by atoms with Crippen LogP contribution in [0.1, 0.15) is 23.0 Å². The molecule has 0 saturated carbocycles. The molecule has 2 aromatic heterocycles. The zero-order valence-corrected chi connectivity index (χ0v) is 16.6. The van der Waals surface area contributed by atoms with Crippen LogP contribution in [-0.4, -0.2) is 29.6 Å². The summed E-state index contributed by atoms with van der Waals surface area (Å²) in [5.41, 5.74) is 2.78. The van der Waals surface area contributed by atoms with Crippen molar-refractivity contribution in [1.82, 2.24) is 9.97 Å². The molecule has 0 fully saturated rings. The lowest BCUT2D eigenvalue weighted by Crippen LogP contribution is -2.14. The molecule has 2 aromatic carbocycles. The summed E-state index contributed by atoms with van der Waals surface area (Å²) in [4.78, 5) is 21.8. The number of rotatable bonds is 5. The van der Waals surface area contributed by atoms with Gasteiger partial charge in [0.2, 0.25) is 0 Å². The van der Waals surface area contributed by atoms with Gasteiger partial charge in [-0.05, 0) is 50.2 Å². The summed E-state index contributed by atoms with van der Waals surface area (Å²) in [6.07, 6.45) is 0. The highest BCUT2D eigenvalue weighted by molar-refractivity contribution is 7.22. The summed E-state index contributed by atoms with van der Waals surface area (Å²) in [5.74, 6) is 1.30. The molecule has 0 saturated heterocycles. The first-order valence-corrected chi connectivity index (χ1v) is 9.69. The van der Waals surface area contributed by atoms with Crippen molar-refractivity contribution in [2.75, 3.05) is 19.0 Å². The van der Waals surface area contributed by atoms with E-state index in [-0.39, 0.29) is 5.91 Å². The Morgan fingerprint density at radius 2 is 1.89 bits per heavy atom. The molecule has 142 valence electrons. The smallest absolute Gasteiger partial charge is 0.259 e. The number of aryl methyl sites for hydroxylation is 1. The zero-order chi connectivity index (χ0) is 19.7. The molecule has 1 N–H and O–H groups in total. The second-order valence-electron chi connectivity index (χ2n) is 6.22. The largest absolute Gasteiger partial charge is 0.497 e. The Balaban J connectivity index is 1.62. The number of anilines is 1. The van der Waals surface area contributed by atoms with Crippen LogP contribution in [0.4, 0.5) is 5.13 Å². The third-order valence-electron chi connectivity index (χ3n) is 4.35. The topological polar surface area (TPSA) is 73.3 Å². The van der Waals surface area contributed by atoms with Gasteiger partial charge in [0.25, 0.3) is 5.91 Å². The molecule has 0 bridgehead atoms. The Hall–Kier alpha value is -3.19. The number of nitrogens with one attached hydrogen (secondary N) is 1. The summed E-state index contributed by atoms with van der Waals surface area (Å²) < 4.78 is 11.7. The number of amides is 1. The molecular formula is C21H19N3O3S. The second kappa shape index (κ2) is 7.44. The van der Waals surface area contributed by atoms with Gasteiger partial charge in [-0.15, -0.1) is 0 Å². The number of thiazole rings is 1. The molecule has 6 nitrogen and oxygen atoms in total. The highest BCUT2D eigenvalue weighted by Gasteiger charge is 2.15. The number of hydrogen-bond acceptors (Lipinski definition) is 6. The molecule has 0 unspecified atom stereocenters. The molecule has 4 aromatic rings. The van der Waals surface area contributed by atoms with E-state index in [0.717, 1.165) is 32.6 Å². The minimum Gasteiger partial charge on any atom is -0.497 e. The van der Waals surface area contributed by atoms with Crippen LogP contribution in [0, 0.1) is 6.92 Å². The summed E-state index contributed by atoms with van der Waals surface area (Å²) in [6, 6.07) is 13.1. The van der Waals surface area contributed by atoms with Gasteiger partial charge >= 0.3 is 0 Å². The SMILES string of the molecule is CCOc1ccc2nc(NC(=O)c3cc4ccc(OC)cc4nc3C)sc2c1. The van der Waals surface area contributed by atoms with Crippen molar-refractivity contribution in [3.05, 3.63) is 53.7 Å². The Kier molecular flexibility index (Phi) is 4.83. The van der Waals surface area contributed by atoms with E-state index in [1.165, 1.54) is 11.3 Å². The highest BCUT2D eigenvalue weighted by atomic mass is 32.1. The van der Waals surface area contributed by atoms with Crippen molar-refractivity contribution in [3.63, 3.8) is 0 Å². The monoisotopic (exact) mass is 393 g/mol. The Labute approximate surface area is 166 Å². The van der Waals surface area contributed by atoms with Gasteiger partial charge in [-0.2, -0.15) is 0 Å². The van der Waals surface area contributed by atoms with Crippen molar-refractivity contribution >= 4 is 43.5 Å². The Morgan fingerprint density at radius 1 is 1.07 bits per heavy atom. The molecular weight excluding hydrogens is 374 g/mol. The number of aromatic nitrogens is 2. The minimum absolute atomic E-state index is 0.230. The number of ether oxygens (including phenoxy) is 2. The average molecular weight is 393 g/mol. The fourth-order valence-electron chi connectivity index (χ4n) is 2.98. The molecule has 0 atom stereocenters. The fraction of sp³-hybridized carbons (Fsp3) is 0.190. The van der Waals surface area contributed by atoms with E-state index < -0.39 is 0 Å². The number of benzene rings is 2. The Morgan fingerprint density at radius 3 is 2.68 bits per heavy atom. The van der Waals surface area contributed by atoms with E-state index in [9.17, 15) is 4.79 Å². The van der Waals surface area contributed by atoms with Gasteiger partial charge in [0.05, 0.1) is 40.7 Å². The maximum Gasteiger partial charge on any atom is 0.259 e. The number of hydrogen-bond donors (Lipinski definition) is 1. The van der Waals surface area contributed by atoms with Crippen LogP contribution >= 0.6 is 11.3 Å². The van der Waals surface area contributed by atoms with Crippen molar-refractivity contribution < 1.29 is 14.3 Å². The van der Waals surface area contributed by atoms with Gasteiger partial charge < -0.3 is 9.47 Å². The molecule has 0 spiro atoms. The maximum absolute atomic E-state index is 12.8. The van der Waals surface area contributed by atoms with E-state index in [0.29, 0.717) is 23.0 Å². The number of fused-ring (bicyclic) bond motifs is 2. The molecule has 1 amide bonds. The van der Waals surface area contributed by atoms with E-state index in [2.05, 4.69) is 15.3 Å². The number of carbonyl (C=O) groups is 1. The van der Waals surface area contributed by atoms with E-state index in [1.54, 1.807) is 7.11 Å². The van der Waals surface area contributed by atoms with Crippen molar-refractivity contribution in [2.45, 2.75) is 13.8 Å². The van der Waals surface area contributed by atoms with Crippen LogP contribution < -0.4 is 14.8 Å². The predicted molar refractivity (Wildman–Crippen MR) is 112 cm³/mol. The first-order chi connectivity index (χ1) is 13.6. The molecule has 0 aliphatic heterocycles. The Bertz CT molecular complexity index is 1190. The first kappa shape index (κ1) is 18.2. The summed E-state index contributed by atoms with van der Waals surface area (Å²) in [6.45, 7) is 4.37. The molecule has 0 radical (unpaired) electrons. The van der Waals surface area contributed by atoms with Gasteiger partial charge in [0, 0.05) is 11.5 Å². The van der Waals surface area contributed by atoms with E-state index in [4.69, 9.17) is 9.47 Å². The quantitative estimate of drug-likeness (QED) is 0.527. The molecule has 4 rings (SSSR count). The number of nitrogens with zero attached hydrogens (tertiary/aromatic N) is 2. The molecule has 2 heterocycles. The lowest BCUT2D eigenvalue weighted by molar-refractivity contribution is 0.102. The maximum atomic E-state index is 12.8. The van der Waals surface area contributed by atoms with Gasteiger partial charge in [0.15, 0.2) is 5.13 Å². The molecule has 0 aliphatic carbocycles. The van der Waals surface area contributed by atoms with Crippen LogP contribution in [0.15, 0.2) is 42.5 Å². The van der Waals surface area contributed by atoms with Crippen LogP contribution in [-0.2, 0) is 0 Å². The summed E-state index contributed by atoms with van der Waals surface area (Å²) >= 11 is 1.41. The van der Waals surface area contributed by atoms with Crippen LogP contribution in [0.2, 0.25) is 0 Å². The molecule has 0 aliphatic rings. The van der Waals surface area contributed by atoms with Crippen LogP contribution in [0.5, 0.6) is 11.5 Å². The third kappa shape index (κ3) is 3.48. The van der Waals surface area contributed by atoms with Gasteiger partial charge in [-0.1, -0.05) is 11.3 Å². The summed E-state index contributed by atoms with van der Waals surface area (Å²) in [7, 11) is 1.62. The van der Waals surface area contributed by atoms with Crippen molar-refractivity contribution in [1.29, 1.82) is 0 Å². The average Bonchev–Trinajstić information content (AvgIpc) is 3.08. The van der Waals surface area contributed by atoms with Gasteiger partial charge in [-0.25, -0.2) is 4.98 Å². The number of methoxy groups -OCH3 is 1. The van der Waals surface area contributed by atoms with Crippen LogP contribution in [0.3, 0.4) is 0 Å². The van der Waals surface area contributed by atoms with Crippen LogP contribution in [0.25, 0.3) is 21.1 Å².